The van der Waals surface area contributed by atoms with E-state index in [1.165, 1.54) is 0 Å². The third kappa shape index (κ3) is 5.39. The fourth-order valence-corrected chi connectivity index (χ4v) is 2.71. The number of amides is 3. The van der Waals surface area contributed by atoms with Crippen LogP contribution in [0.25, 0.3) is 0 Å². The van der Waals surface area contributed by atoms with Crippen molar-refractivity contribution in [3.8, 4) is 0 Å². The molecule has 3 N–H and O–H groups in total. The molecule has 0 aliphatic heterocycles. The lowest BCUT2D eigenvalue weighted by Gasteiger charge is -2.12. The van der Waals surface area contributed by atoms with Crippen LogP contribution in [0.15, 0.2) is 0 Å². The van der Waals surface area contributed by atoms with Crippen molar-refractivity contribution < 1.29 is 19.5 Å². The summed E-state index contributed by atoms with van der Waals surface area (Å²) in [5.74, 6) is -1.61. The molecule has 0 aromatic carbocycles. The van der Waals surface area contributed by atoms with E-state index in [2.05, 4.69) is 10.6 Å². The zero-order valence-electron chi connectivity index (χ0n) is 10.3. The molecule has 0 heterocycles. The maximum absolute atomic E-state index is 11.5. The summed E-state index contributed by atoms with van der Waals surface area (Å²) in [4.78, 5) is 32.9. The summed E-state index contributed by atoms with van der Waals surface area (Å²) in [7, 11) is 0. The molecule has 2 atom stereocenters. The molecule has 7 heteroatoms. The summed E-state index contributed by atoms with van der Waals surface area (Å²) < 4.78 is 0. The Morgan fingerprint density at radius 1 is 1.28 bits per heavy atom. The second kappa shape index (κ2) is 7.25. The van der Waals surface area contributed by atoms with E-state index in [1.54, 1.807) is 11.8 Å². The van der Waals surface area contributed by atoms with Crippen molar-refractivity contribution in [2.75, 3.05) is 6.26 Å². The van der Waals surface area contributed by atoms with E-state index in [1.807, 2.05) is 6.26 Å². The Morgan fingerprint density at radius 3 is 2.56 bits per heavy atom. The molecule has 0 spiro atoms. The minimum atomic E-state index is -1.05. The summed E-state index contributed by atoms with van der Waals surface area (Å²) in [6.07, 6.45) is 4.50. The lowest BCUT2D eigenvalue weighted by molar-refractivity contribution is -0.138. The SMILES string of the molecule is CSC1CCC(NC(=O)NC(=O)CCC(=O)O)C1. The Kier molecular flexibility index (Phi) is 5.97. The van der Waals surface area contributed by atoms with Crippen LogP contribution in [0.2, 0.25) is 0 Å². The van der Waals surface area contributed by atoms with Crippen LogP contribution in [-0.2, 0) is 9.59 Å². The van der Waals surface area contributed by atoms with Gasteiger partial charge in [0, 0.05) is 17.7 Å². The number of carboxylic acids is 1. The van der Waals surface area contributed by atoms with Crippen LogP contribution >= 0.6 is 11.8 Å². The van der Waals surface area contributed by atoms with Crippen LogP contribution in [0.1, 0.15) is 32.1 Å². The van der Waals surface area contributed by atoms with Gasteiger partial charge >= 0.3 is 12.0 Å². The van der Waals surface area contributed by atoms with E-state index >= 15 is 0 Å². The number of rotatable bonds is 5. The van der Waals surface area contributed by atoms with Crippen molar-refractivity contribution in [1.29, 1.82) is 0 Å². The zero-order chi connectivity index (χ0) is 13.5. The smallest absolute Gasteiger partial charge is 0.321 e. The van der Waals surface area contributed by atoms with E-state index in [-0.39, 0.29) is 18.9 Å². The fraction of sp³-hybridized carbons (Fsp3) is 0.727. The normalized spacial score (nSPS) is 22.5. The molecular weight excluding hydrogens is 256 g/mol. The first-order chi connectivity index (χ1) is 8.51. The first kappa shape index (κ1) is 14.8. The van der Waals surface area contributed by atoms with Crippen LogP contribution in [0.3, 0.4) is 0 Å². The van der Waals surface area contributed by atoms with Crippen molar-refractivity contribution in [3.63, 3.8) is 0 Å². The summed E-state index contributed by atoms with van der Waals surface area (Å²) in [5, 5.41) is 13.8. The van der Waals surface area contributed by atoms with Crippen molar-refractivity contribution in [2.24, 2.45) is 0 Å². The van der Waals surface area contributed by atoms with Gasteiger partial charge in [-0.25, -0.2) is 4.79 Å². The van der Waals surface area contributed by atoms with E-state index in [9.17, 15) is 14.4 Å². The van der Waals surface area contributed by atoms with Crippen LogP contribution in [0, 0.1) is 0 Å². The summed E-state index contributed by atoms with van der Waals surface area (Å²) in [5.41, 5.74) is 0. The van der Waals surface area contributed by atoms with Crippen LogP contribution in [0.4, 0.5) is 4.79 Å². The Hall–Kier alpha value is -1.24. The van der Waals surface area contributed by atoms with Gasteiger partial charge in [0.15, 0.2) is 0 Å². The molecule has 1 saturated carbocycles. The average molecular weight is 274 g/mol. The van der Waals surface area contributed by atoms with Gasteiger partial charge in [-0.3, -0.25) is 14.9 Å². The van der Waals surface area contributed by atoms with Gasteiger partial charge in [-0.2, -0.15) is 11.8 Å². The second-order valence-corrected chi connectivity index (χ2v) is 5.42. The number of carbonyl (C=O) groups is 3. The van der Waals surface area contributed by atoms with Crippen molar-refractivity contribution in [2.45, 2.75) is 43.4 Å². The van der Waals surface area contributed by atoms with E-state index < -0.39 is 17.9 Å². The highest BCUT2D eigenvalue weighted by Crippen LogP contribution is 2.27. The van der Waals surface area contributed by atoms with E-state index in [0.29, 0.717) is 5.25 Å². The molecular formula is C11H18N2O4S. The van der Waals surface area contributed by atoms with Gasteiger partial charge in [-0.05, 0) is 25.5 Å². The van der Waals surface area contributed by atoms with Crippen LogP contribution < -0.4 is 10.6 Å². The molecule has 1 rings (SSSR count). The summed E-state index contributed by atoms with van der Waals surface area (Å²) in [6, 6.07) is -0.424. The minimum Gasteiger partial charge on any atom is -0.481 e. The molecule has 0 aromatic heterocycles. The van der Waals surface area contributed by atoms with Gasteiger partial charge < -0.3 is 10.4 Å². The Balaban J connectivity index is 2.21. The van der Waals surface area contributed by atoms with E-state index in [4.69, 9.17) is 5.11 Å². The van der Waals surface area contributed by atoms with E-state index in [0.717, 1.165) is 19.3 Å². The van der Waals surface area contributed by atoms with Crippen LogP contribution in [-0.4, -0.2) is 40.6 Å². The third-order valence-electron chi connectivity index (χ3n) is 2.87. The number of urea groups is 1. The van der Waals surface area contributed by atoms with Crippen molar-refractivity contribution in [1.82, 2.24) is 10.6 Å². The quantitative estimate of drug-likeness (QED) is 0.694. The fourth-order valence-electron chi connectivity index (χ4n) is 1.92. The molecule has 102 valence electrons. The number of nitrogens with one attached hydrogen (secondary N) is 2. The molecule has 0 saturated heterocycles. The second-order valence-electron chi connectivity index (χ2n) is 4.28. The number of hydrogen-bond acceptors (Lipinski definition) is 4. The Labute approximate surface area is 110 Å². The minimum absolute atomic E-state index is 0.106. The molecule has 0 radical (unpaired) electrons. The molecule has 2 unspecified atom stereocenters. The summed E-state index contributed by atoms with van der Waals surface area (Å²) in [6.45, 7) is 0. The standard InChI is InChI=1S/C11H18N2O4S/c1-18-8-3-2-7(6-8)12-11(17)13-9(14)4-5-10(15)16/h7-8H,2-6H2,1H3,(H,15,16)(H2,12,13,14,17). The maximum atomic E-state index is 11.5. The van der Waals surface area contributed by atoms with Gasteiger partial charge in [0.1, 0.15) is 0 Å². The molecule has 1 aliphatic rings. The lowest BCUT2D eigenvalue weighted by atomic mass is 10.2. The maximum Gasteiger partial charge on any atom is 0.321 e. The molecule has 18 heavy (non-hydrogen) atoms. The number of hydrogen-bond donors (Lipinski definition) is 3. The predicted molar refractivity (Wildman–Crippen MR) is 68.5 cm³/mol. The van der Waals surface area contributed by atoms with Crippen LogP contribution in [0.5, 0.6) is 0 Å². The van der Waals surface area contributed by atoms with Gasteiger partial charge in [0.2, 0.25) is 5.91 Å². The number of imide groups is 1. The largest absolute Gasteiger partial charge is 0.481 e. The zero-order valence-corrected chi connectivity index (χ0v) is 11.1. The molecule has 0 aromatic rings. The molecule has 1 aliphatic carbocycles. The molecule has 6 nitrogen and oxygen atoms in total. The monoisotopic (exact) mass is 274 g/mol. The Bertz CT molecular complexity index is 335. The number of carboxylic acid groups (broad SMARTS) is 1. The molecule has 0 bridgehead atoms. The third-order valence-corrected chi connectivity index (χ3v) is 3.97. The van der Waals surface area contributed by atoms with Crippen molar-refractivity contribution >= 4 is 29.7 Å². The number of thioether (sulfide) groups is 1. The highest BCUT2D eigenvalue weighted by Gasteiger charge is 2.25. The van der Waals surface area contributed by atoms with Gasteiger partial charge in [-0.15, -0.1) is 0 Å². The van der Waals surface area contributed by atoms with Crippen molar-refractivity contribution in [3.05, 3.63) is 0 Å². The van der Waals surface area contributed by atoms with Gasteiger partial charge in [0.05, 0.1) is 6.42 Å². The lowest BCUT2D eigenvalue weighted by Crippen LogP contribution is -2.43. The topological polar surface area (TPSA) is 95.5 Å². The number of carbonyl (C=O) groups excluding carboxylic acids is 2. The molecule has 3 amide bonds. The number of aliphatic carboxylic acids is 1. The average Bonchev–Trinajstić information content (AvgIpc) is 2.73. The first-order valence-electron chi connectivity index (χ1n) is 5.86. The highest BCUT2D eigenvalue weighted by molar-refractivity contribution is 7.99. The highest BCUT2D eigenvalue weighted by atomic mass is 32.2. The predicted octanol–water partition coefficient (Wildman–Crippen LogP) is 0.961. The van der Waals surface area contributed by atoms with Gasteiger partial charge in [-0.1, -0.05) is 0 Å². The summed E-state index contributed by atoms with van der Waals surface area (Å²) >= 11 is 1.78. The molecule has 1 fully saturated rings. The van der Waals surface area contributed by atoms with Gasteiger partial charge in [0.25, 0.3) is 0 Å². The Morgan fingerprint density at radius 2 is 2.00 bits per heavy atom. The first-order valence-corrected chi connectivity index (χ1v) is 7.15.